The lowest BCUT2D eigenvalue weighted by Gasteiger charge is -2.03. The second-order valence-corrected chi connectivity index (χ2v) is 3.41. The first-order valence-corrected chi connectivity index (χ1v) is 5.42. The molecule has 1 amide bonds. The Morgan fingerprint density at radius 1 is 1.38 bits per heavy atom. The molecule has 0 aliphatic rings. The summed E-state index contributed by atoms with van der Waals surface area (Å²) in [4.78, 5) is 10.9. The normalized spacial score (nSPS) is 9.62. The van der Waals surface area contributed by atoms with Crippen LogP contribution < -0.4 is 11.1 Å². The standard InChI is InChI=1S/C9H11IN2O/c10-5-9(13)12-6-7-1-3-8(11)4-2-7/h1-4H,5-6,11H2,(H,12,13). The van der Waals surface area contributed by atoms with Crippen LogP contribution in [0.3, 0.4) is 0 Å². The Morgan fingerprint density at radius 3 is 2.54 bits per heavy atom. The van der Waals surface area contributed by atoms with Crippen molar-refractivity contribution in [1.29, 1.82) is 0 Å². The van der Waals surface area contributed by atoms with Crippen molar-refractivity contribution >= 4 is 34.2 Å². The number of halogens is 1. The molecule has 4 heteroatoms. The lowest BCUT2D eigenvalue weighted by molar-refractivity contribution is -0.118. The van der Waals surface area contributed by atoms with Crippen LogP contribution in [0.5, 0.6) is 0 Å². The zero-order chi connectivity index (χ0) is 9.68. The third-order valence-electron chi connectivity index (χ3n) is 1.59. The van der Waals surface area contributed by atoms with Crippen molar-refractivity contribution in [1.82, 2.24) is 5.32 Å². The van der Waals surface area contributed by atoms with E-state index in [-0.39, 0.29) is 5.91 Å². The predicted molar refractivity (Wildman–Crippen MR) is 61.6 cm³/mol. The van der Waals surface area contributed by atoms with Crippen molar-refractivity contribution in [2.75, 3.05) is 10.2 Å². The smallest absolute Gasteiger partial charge is 0.230 e. The fourth-order valence-corrected chi connectivity index (χ4v) is 1.15. The molecule has 3 nitrogen and oxygen atoms in total. The molecule has 0 unspecified atom stereocenters. The molecule has 1 aromatic rings. The summed E-state index contributed by atoms with van der Waals surface area (Å²) in [5.41, 5.74) is 7.32. The van der Waals surface area contributed by atoms with E-state index in [0.29, 0.717) is 11.0 Å². The summed E-state index contributed by atoms with van der Waals surface area (Å²) in [6.07, 6.45) is 0. The summed E-state index contributed by atoms with van der Waals surface area (Å²) in [6, 6.07) is 7.46. The molecular weight excluding hydrogens is 279 g/mol. The highest BCUT2D eigenvalue weighted by molar-refractivity contribution is 14.1. The van der Waals surface area contributed by atoms with E-state index in [1.807, 2.05) is 46.9 Å². The van der Waals surface area contributed by atoms with Crippen LogP contribution in [0.25, 0.3) is 0 Å². The molecule has 0 heterocycles. The Kier molecular flexibility index (Phi) is 4.01. The first-order valence-electron chi connectivity index (χ1n) is 3.89. The minimum atomic E-state index is 0.0532. The Labute approximate surface area is 90.8 Å². The number of carbonyl (C=O) groups excluding carboxylic acids is 1. The largest absolute Gasteiger partial charge is 0.399 e. The molecule has 0 saturated carbocycles. The van der Waals surface area contributed by atoms with E-state index in [1.54, 1.807) is 0 Å². The molecule has 1 aromatic carbocycles. The molecule has 0 radical (unpaired) electrons. The molecule has 0 saturated heterocycles. The quantitative estimate of drug-likeness (QED) is 0.501. The maximum Gasteiger partial charge on any atom is 0.230 e. The van der Waals surface area contributed by atoms with Gasteiger partial charge in [0.05, 0.1) is 4.43 Å². The Balaban J connectivity index is 2.46. The number of nitrogens with one attached hydrogen (secondary N) is 1. The molecular formula is C9H11IN2O. The number of nitrogen functional groups attached to an aromatic ring is 1. The Bertz CT molecular complexity index is 284. The first kappa shape index (κ1) is 10.3. The van der Waals surface area contributed by atoms with E-state index < -0.39 is 0 Å². The van der Waals surface area contributed by atoms with E-state index in [9.17, 15) is 4.79 Å². The lowest BCUT2D eigenvalue weighted by atomic mass is 10.2. The van der Waals surface area contributed by atoms with Crippen LogP contribution >= 0.6 is 22.6 Å². The van der Waals surface area contributed by atoms with Gasteiger partial charge in [-0.1, -0.05) is 34.7 Å². The van der Waals surface area contributed by atoms with Crippen molar-refractivity contribution < 1.29 is 4.79 Å². The van der Waals surface area contributed by atoms with Crippen molar-refractivity contribution in [2.24, 2.45) is 0 Å². The number of benzene rings is 1. The summed E-state index contributed by atoms with van der Waals surface area (Å²) < 4.78 is 0.493. The highest BCUT2D eigenvalue weighted by Gasteiger charge is 1.97. The average molecular weight is 290 g/mol. The Morgan fingerprint density at radius 2 is 2.00 bits per heavy atom. The third-order valence-corrected chi connectivity index (χ3v) is 2.28. The van der Waals surface area contributed by atoms with E-state index >= 15 is 0 Å². The average Bonchev–Trinajstić information content (AvgIpc) is 2.16. The van der Waals surface area contributed by atoms with Gasteiger partial charge in [-0.25, -0.2) is 0 Å². The van der Waals surface area contributed by atoms with Crippen LogP contribution in [-0.4, -0.2) is 10.3 Å². The van der Waals surface area contributed by atoms with Crippen LogP contribution in [0.1, 0.15) is 5.56 Å². The van der Waals surface area contributed by atoms with Crippen molar-refractivity contribution in [3.63, 3.8) is 0 Å². The second-order valence-electron chi connectivity index (χ2n) is 2.65. The van der Waals surface area contributed by atoms with E-state index in [1.165, 1.54) is 0 Å². The summed E-state index contributed by atoms with van der Waals surface area (Å²) >= 11 is 2.03. The number of hydrogen-bond donors (Lipinski definition) is 2. The van der Waals surface area contributed by atoms with Crippen LogP contribution in [-0.2, 0) is 11.3 Å². The molecule has 1 rings (SSSR count). The number of anilines is 1. The molecule has 0 bridgehead atoms. The number of alkyl halides is 1. The second kappa shape index (κ2) is 5.06. The van der Waals surface area contributed by atoms with Gasteiger partial charge in [-0.2, -0.15) is 0 Å². The van der Waals surface area contributed by atoms with Gasteiger partial charge in [0.2, 0.25) is 5.91 Å². The highest BCUT2D eigenvalue weighted by Crippen LogP contribution is 2.04. The van der Waals surface area contributed by atoms with Gasteiger partial charge in [0.1, 0.15) is 0 Å². The van der Waals surface area contributed by atoms with Gasteiger partial charge in [0, 0.05) is 12.2 Å². The van der Waals surface area contributed by atoms with Gasteiger partial charge >= 0.3 is 0 Å². The number of amides is 1. The maximum atomic E-state index is 10.9. The van der Waals surface area contributed by atoms with Gasteiger partial charge < -0.3 is 11.1 Å². The van der Waals surface area contributed by atoms with E-state index in [2.05, 4.69) is 5.32 Å². The van der Waals surface area contributed by atoms with Crippen LogP contribution in [0.4, 0.5) is 5.69 Å². The number of carbonyl (C=O) groups is 1. The van der Waals surface area contributed by atoms with Crippen molar-refractivity contribution in [3.8, 4) is 0 Å². The SMILES string of the molecule is Nc1ccc(CNC(=O)CI)cc1. The van der Waals surface area contributed by atoms with Gasteiger partial charge in [0.25, 0.3) is 0 Å². The fourth-order valence-electron chi connectivity index (χ4n) is 0.883. The summed E-state index contributed by atoms with van der Waals surface area (Å²) in [5.74, 6) is 0.0532. The molecule has 0 aliphatic carbocycles. The zero-order valence-electron chi connectivity index (χ0n) is 7.09. The summed E-state index contributed by atoms with van der Waals surface area (Å²) in [5, 5.41) is 2.78. The lowest BCUT2D eigenvalue weighted by Crippen LogP contribution is -2.23. The van der Waals surface area contributed by atoms with Crippen LogP contribution in [0.15, 0.2) is 24.3 Å². The monoisotopic (exact) mass is 290 g/mol. The zero-order valence-corrected chi connectivity index (χ0v) is 9.24. The number of rotatable bonds is 3. The van der Waals surface area contributed by atoms with Crippen LogP contribution in [0, 0.1) is 0 Å². The fraction of sp³-hybridized carbons (Fsp3) is 0.222. The molecule has 0 spiro atoms. The minimum absolute atomic E-state index is 0.0532. The van der Waals surface area contributed by atoms with E-state index in [4.69, 9.17) is 5.73 Å². The van der Waals surface area contributed by atoms with Gasteiger partial charge in [-0.3, -0.25) is 4.79 Å². The predicted octanol–water partition coefficient (Wildman–Crippen LogP) is 1.32. The topological polar surface area (TPSA) is 55.1 Å². The summed E-state index contributed by atoms with van der Waals surface area (Å²) in [6.45, 7) is 0.572. The Hall–Kier alpha value is -0.780. The summed E-state index contributed by atoms with van der Waals surface area (Å²) in [7, 11) is 0. The molecule has 13 heavy (non-hydrogen) atoms. The van der Waals surface area contributed by atoms with Crippen molar-refractivity contribution in [3.05, 3.63) is 29.8 Å². The highest BCUT2D eigenvalue weighted by atomic mass is 127. The van der Waals surface area contributed by atoms with Crippen LogP contribution in [0.2, 0.25) is 0 Å². The number of nitrogens with two attached hydrogens (primary N) is 1. The maximum absolute atomic E-state index is 10.9. The first-order chi connectivity index (χ1) is 6.22. The molecule has 0 atom stereocenters. The van der Waals surface area contributed by atoms with Crippen molar-refractivity contribution in [2.45, 2.75) is 6.54 Å². The minimum Gasteiger partial charge on any atom is -0.399 e. The van der Waals surface area contributed by atoms with E-state index in [0.717, 1.165) is 11.3 Å². The molecule has 3 N–H and O–H groups in total. The molecule has 0 aromatic heterocycles. The van der Waals surface area contributed by atoms with Gasteiger partial charge in [-0.15, -0.1) is 0 Å². The molecule has 0 aliphatic heterocycles. The van der Waals surface area contributed by atoms with Gasteiger partial charge in [0.15, 0.2) is 0 Å². The van der Waals surface area contributed by atoms with Gasteiger partial charge in [-0.05, 0) is 17.7 Å². The molecule has 70 valence electrons. The molecule has 0 fully saturated rings. The third kappa shape index (κ3) is 3.63. The number of hydrogen-bond acceptors (Lipinski definition) is 2.